The Labute approximate surface area is 132 Å². The maximum Gasteiger partial charge on any atom is 0.410 e. The van der Waals surface area contributed by atoms with Crippen LogP contribution in [0.5, 0.6) is 0 Å². The average molecular weight is 334 g/mol. The number of ether oxygens (including phenoxy) is 1. The Bertz CT molecular complexity index is 524. The van der Waals surface area contributed by atoms with E-state index in [0.717, 1.165) is 6.42 Å². The zero-order valence-corrected chi connectivity index (χ0v) is 14.7. The van der Waals surface area contributed by atoms with Crippen molar-refractivity contribution < 1.29 is 22.7 Å². The van der Waals surface area contributed by atoms with Gasteiger partial charge in [-0.25, -0.2) is 13.2 Å². The topological polar surface area (TPSA) is 92.8 Å². The van der Waals surface area contributed by atoms with Crippen molar-refractivity contribution in [3.05, 3.63) is 0 Å². The van der Waals surface area contributed by atoms with Crippen LogP contribution in [0.1, 0.15) is 47.5 Å². The van der Waals surface area contributed by atoms with E-state index in [0.29, 0.717) is 13.0 Å². The molecule has 0 aliphatic carbocycles. The molecule has 0 aromatic heterocycles. The van der Waals surface area contributed by atoms with Crippen LogP contribution in [0.15, 0.2) is 0 Å². The number of amides is 2. The zero-order chi connectivity index (χ0) is 17.1. The maximum absolute atomic E-state index is 12.3. The summed E-state index contributed by atoms with van der Waals surface area (Å²) in [5.74, 6) is -0.619. The van der Waals surface area contributed by atoms with E-state index in [1.807, 2.05) is 11.6 Å². The van der Waals surface area contributed by atoms with Crippen molar-refractivity contribution in [2.24, 2.45) is 5.92 Å². The van der Waals surface area contributed by atoms with Crippen molar-refractivity contribution in [3.63, 3.8) is 0 Å². The molecular formula is C14H26N2O5S. The largest absolute Gasteiger partial charge is 0.444 e. The molecule has 0 saturated carbocycles. The van der Waals surface area contributed by atoms with Crippen molar-refractivity contribution in [1.29, 1.82) is 0 Å². The summed E-state index contributed by atoms with van der Waals surface area (Å²) in [5, 5.41) is 0. The van der Waals surface area contributed by atoms with Gasteiger partial charge in [0.05, 0.1) is 5.75 Å². The molecule has 0 aromatic carbocycles. The van der Waals surface area contributed by atoms with Gasteiger partial charge >= 0.3 is 6.09 Å². The third-order valence-corrected chi connectivity index (χ3v) is 4.70. The number of hydrogen-bond acceptors (Lipinski definition) is 5. The third-order valence-electron chi connectivity index (χ3n) is 3.43. The zero-order valence-electron chi connectivity index (χ0n) is 13.9. The number of carbonyl (C=O) groups excluding carboxylic acids is 2. The second-order valence-corrected chi connectivity index (χ2v) is 8.70. The fraction of sp³-hybridized carbons (Fsp3) is 0.857. The van der Waals surface area contributed by atoms with Crippen LogP contribution in [-0.2, 0) is 19.6 Å². The van der Waals surface area contributed by atoms with Crippen molar-refractivity contribution >= 4 is 22.0 Å². The van der Waals surface area contributed by atoms with Gasteiger partial charge in [0.1, 0.15) is 11.6 Å². The molecule has 1 N–H and O–H groups in total. The second-order valence-electron chi connectivity index (χ2n) is 6.69. The Kier molecular flexibility index (Phi) is 5.83. The predicted molar refractivity (Wildman–Crippen MR) is 82.7 cm³/mol. The van der Waals surface area contributed by atoms with Crippen molar-refractivity contribution in [2.75, 3.05) is 12.3 Å². The van der Waals surface area contributed by atoms with Crippen LogP contribution in [0.25, 0.3) is 0 Å². The summed E-state index contributed by atoms with van der Waals surface area (Å²) in [6, 6.07) is -0.820. The van der Waals surface area contributed by atoms with E-state index < -0.39 is 33.7 Å². The van der Waals surface area contributed by atoms with Gasteiger partial charge in [-0.1, -0.05) is 6.92 Å². The highest BCUT2D eigenvalue weighted by Gasteiger charge is 2.38. The molecule has 2 amide bonds. The quantitative estimate of drug-likeness (QED) is 0.844. The van der Waals surface area contributed by atoms with E-state index in [-0.39, 0.29) is 11.7 Å². The lowest BCUT2D eigenvalue weighted by molar-refractivity contribution is -0.126. The first-order valence-electron chi connectivity index (χ1n) is 7.49. The summed E-state index contributed by atoms with van der Waals surface area (Å²) >= 11 is 0. The lowest BCUT2D eigenvalue weighted by atomic mass is 9.92. The smallest absolute Gasteiger partial charge is 0.410 e. The molecule has 7 nitrogen and oxygen atoms in total. The van der Waals surface area contributed by atoms with Gasteiger partial charge in [-0.2, -0.15) is 0 Å². The van der Waals surface area contributed by atoms with Gasteiger partial charge < -0.3 is 4.74 Å². The highest BCUT2D eigenvalue weighted by molar-refractivity contribution is 7.90. The predicted octanol–water partition coefficient (Wildman–Crippen LogP) is 1.49. The molecule has 1 rings (SSSR count). The number of hydrogen-bond donors (Lipinski definition) is 1. The minimum atomic E-state index is -3.65. The third kappa shape index (κ3) is 5.47. The average Bonchev–Trinajstić information content (AvgIpc) is 2.35. The van der Waals surface area contributed by atoms with Gasteiger partial charge in [0, 0.05) is 6.54 Å². The van der Waals surface area contributed by atoms with Crippen LogP contribution in [0.4, 0.5) is 4.79 Å². The monoisotopic (exact) mass is 334 g/mol. The fourth-order valence-corrected chi connectivity index (χ4v) is 2.81. The van der Waals surface area contributed by atoms with Crippen LogP contribution >= 0.6 is 0 Å². The van der Waals surface area contributed by atoms with Gasteiger partial charge in [-0.15, -0.1) is 0 Å². The molecule has 1 aliphatic rings. The summed E-state index contributed by atoms with van der Waals surface area (Å²) in [4.78, 5) is 25.8. The highest BCUT2D eigenvalue weighted by Crippen LogP contribution is 2.24. The first kappa shape index (κ1) is 18.7. The number of carbonyl (C=O) groups is 2. The van der Waals surface area contributed by atoms with Crippen LogP contribution in [0.2, 0.25) is 0 Å². The molecule has 0 unspecified atom stereocenters. The Morgan fingerprint density at radius 2 is 1.91 bits per heavy atom. The van der Waals surface area contributed by atoms with E-state index in [9.17, 15) is 18.0 Å². The molecule has 22 heavy (non-hydrogen) atoms. The van der Waals surface area contributed by atoms with E-state index in [2.05, 4.69) is 0 Å². The van der Waals surface area contributed by atoms with E-state index in [4.69, 9.17) is 4.74 Å². The summed E-state index contributed by atoms with van der Waals surface area (Å²) in [6.07, 6.45) is 0.585. The number of likely N-dealkylation sites (tertiary alicyclic amines) is 1. The molecule has 0 spiro atoms. The van der Waals surface area contributed by atoms with E-state index in [1.54, 1.807) is 20.8 Å². The standard InChI is InChI=1S/C14H26N2O5S/c1-6-22(19,20)15-12(17)11-9-10(2)7-8-16(11)13(18)21-14(3,4)5/h10-11H,6-9H2,1-5H3,(H,15,17)/t10-,11-/m1/s1. The normalized spacial score (nSPS) is 23.0. The molecule has 1 fully saturated rings. The number of sulfonamides is 1. The Morgan fingerprint density at radius 1 is 1.32 bits per heavy atom. The van der Waals surface area contributed by atoms with Crippen LogP contribution in [0.3, 0.4) is 0 Å². The maximum atomic E-state index is 12.3. The lowest BCUT2D eigenvalue weighted by Gasteiger charge is -2.38. The molecule has 0 bridgehead atoms. The first-order valence-corrected chi connectivity index (χ1v) is 9.14. The molecular weight excluding hydrogens is 308 g/mol. The van der Waals surface area contributed by atoms with Gasteiger partial charge in [-0.3, -0.25) is 14.4 Å². The minimum absolute atomic E-state index is 0.187. The molecule has 1 aliphatic heterocycles. The number of nitrogens with zero attached hydrogens (tertiary/aromatic N) is 1. The summed E-state index contributed by atoms with van der Waals surface area (Å²) in [5.41, 5.74) is -0.670. The SMILES string of the molecule is CCS(=O)(=O)NC(=O)[C@H]1C[C@H](C)CCN1C(=O)OC(C)(C)C. The number of piperidine rings is 1. The molecule has 1 saturated heterocycles. The first-order chi connectivity index (χ1) is 9.95. The highest BCUT2D eigenvalue weighted by atomic mass is 32.2. The summed E-state index contributed by atoms with van der Waals surface area (Å²) in [7, 11) is -3.65. The number of rotatable bonds is 3. The molecule has 128 valence electrons. The van der Waals surface area contributed by atoms with Crippen molar-refractivity contribution in [2.45, 2.75) is 59.1 Å². The van der Waals surface area contributed by atoms with Crippen molar-refractivity contribution in [3.8, 4) is 0 Å². The van der Waals surface area contributed by atoms with Gasteiger partial charge in [0.25, 0.3) is 5.91 Å². The molecule has 1 heterocycles. The minimum Gasteiger partial charge on any atom is -0.444 e. The van der Waals surface area contributed by atoms with E-state index in [1.165, 1.54) is 11.8 Å². The Balaban J connectivity index is 2.90. The molecule has 8 heteroatoms. The number of nitrogens with one attached hydrogen (secondary N) is 1. The Hall–Kier alpha value is -1.31. The Morgan fingerprint density at radius 3 is 2.41 bits per heavy atom. The van der Waals surface area contributed by atoms with Crippen LogP contribution in [0, 0.1) is 5.92 Å². The van der Waals surface area contributed by atoms with Crippen LogP contribution in [-0.4, -0.2) is 49.3 Å². The summed E-state index contributed by atoms with van der Waals surface area (Å²) < 4.78 is 30.5. The van der Waals surface area contributed by atoms with E-state index >= 15 is 0 Å². The molecule has 0 aromatic rings. The van der Waals surface area contributed by atoms with Crippen LogP contribution < -0.4 is 4.72 Å². The lowest BCUT2D eigenvalue weighted by Crippen LogP contribution is -2.55. The van der Waals surface area contributed by atoms with Gasteiger partial charge in [0.2, 0.25) is 10.0 Å². The fourth-order valence-electron chi connectivity index (χ4n) is 2.22. The summed E-state index contributed by atoms with van der Waals surface area (Å²) in [6.45, 7) is 9.03. The molecule has 2 atom stereocenters. The second kappa shape index (κ2) is 6.85. The molecule has 0 radical (unpaired) electrons. The van der Waals surface area contributed by atoms with Gasteiger partial charge in [-0.05, 0) is 46.5 Å². The van der Waals surface area contributed by atoms with Gasteiger partial charge in [0.15, 0.2) is 0 Å². The van der Waals surface area contributed by atoms with Crippen molar-refractivity contribution in [1.82, 2.24) is 9.62 Å².